The lowest BCUT2D eigenvalue weighted by Crippen LogP contribution is -2.43. The number of ether oxygens (including phenoxy) is 1. The maximum absolute atomic E-state index is 14.2. The van der Waals surface area contributed by atoms with Crippen molar-refractivity contribution in [2.75, 3.05) is 39.8 Å². The third kappa shape index (κ3) is 6.65. The van der Waals surface area contributed by atoms with Crippen LogP contribution in [-0.2, 0) is 13.0 Å². The van der Waals surface area contributed by atoms with Crippen LogP contribution >= 0.6 is 24.8 Å². The predicted octanol–water partition coefficient (Wildman–Crippen LogP) is 3.15. The molecule has 0 radical (unpaired) electrons. The number of nitrogens with zero attached hydrogens (tertiary/aromatic N) is 3. The Morgan fingerprint density at radius 3 is 2.58 bits per heavy atom. The second-order valence-corrected chi connectivity index (χ2v) is 8.03. The van der Waals surface area contributed by atoms with Crippen LogP contribution in [0.15, 0.2) is 29.1 Å². The number of rotatable bonds is 8. The van der Waals surface area contributed by atoms with E-state index in [4.69, 9.17) is 4.74 Å². The molecule has 1 saturated carbocycles. The highest BCUT2D eigenvalue weighted by atomic mass is 35.5. The zero-order chi connectivity index (χ0) is 20.2. The molecule has 1 aliphatic heterocycles. The number of methoxy groups -OCH3 is 1. The van der Waals surface area contributed by atoms with Crippen LogP contribution in [0.5, 0.6) is 5.75 Å². The van der Waals surface area contributed by atoms with Gasteiger partial charge in [0.25, 0.3) is 5.56 Å². The van der Waals surface area contributed by atoms with E-state index in [1.807, 2.05) is 6.07 Å². The first-order valence-corrected chi connectivity index (χ1v) is 10.5. The van der Waals surface area contributed by atoms with Crippen molar-refractivity contribution in [1.82, 2.24) is 20.0 Å². The maximum atomic E-state index is 14.2. The average molecular weight is 473 g/mol. The van der Waals surface area contributed by atoms with Crippen LogP contribution in [0.25, 0.3) is 11.3 Å². The summed E-state index contributed by atoms with van der Waals surface area (Å²) in [5.41, 5.74) is 2.07. The number of halogens is 3. The van der Waals surface area contributed by atoms with E-state index in [1.54, 1.807) is 16.8 Å². The van der Waals surface area contributed by atoms with Gasteiger partial charge in [0.05, 0.1) is 12.8 Å². The third-order valence-electron chi connectivity index (χ3n) is 5.75. The first-order valence-electron chi connectivity index (χ1n) is 10.5. The summed E-state index contributed by atoms with van der Waals surface area (Å²) in [6.45, 7) is 5.79. The van der Waals surface area contributed by atoms with Crippen molar-refractivity contribution in [2.24, 2.45) is 5.92 Å². The summed E-state index contributed by atoms with van der Waals surface area (Å²) in [6, 6.07) is 6.66. The van der Waals surface area contributed by atoms with Gasteiger partial charge in [-0.3, -0.25) is 4.79 Å². The number of benzene rings is 1. The normalized spacial score (nSPS) is 16.3. The van der Waals surface area contributed by atoms with Crippen LogP contribution in [0.3, 0.4) is 0 Å². The quantitative estimate of drug-likeness (QED) is 0.639. The van der Waals surface area contributed by atoms with Crippen LogP contribution in [0.2, 0.25) is 0 Å². The lowest BCUT2D eigenvalue weighted by atomic mass is 10.1. The van der Waals surface area contributed by atoms with Gasteiger partial charge in [-0.2, -0.15) is 5.10 Å². The molecule has 1 N–H and O–H groups in total. The molecule has 2 aliphatic rings. The van der Waals surface area contributed by atoms with Crippen molar-refractivity contribution in [2.45, 2.75) is 32.2 Å². The van der Waals surface area contributed by atoms with E-state index in [1.165, 1.54) is 13.2 Å². The molecule has 2 heterocycles. The van der Waals surface area contributed by atoms with E-state index in [0.29, 0.717) is 30.1 Å². The molecule has 4 rings (SSSR count). The molecule has 0 amide bonds. The number of aromatic nitrogens is 2. The Labute approximate surface area is 195 Å². The zero-order valence-electron chi connectivity index (χ0n) is 17.8. The zero-order valence-corrected chi connectivity index (χ0v) is 19.4. The minimum Gasteiger partial charge on any atom is -0.494 e. The summed E-state index contributed by atoms with van der Waals surface area (Å²) in [7, 11) is 1.45. The molecule has 2 aromatic rings. The molecule has 1 aromatic carbocycles. The van der Waals surface area contributed by atoms with Crippen LogP contribution in [0.4, 0.5) is 4.39 Å². The minimum atomic E-state index is -0.424. The molecule has 2 fully saturated rings. The summed E-state index contributed by atoms with van der Waals surface area (Å²) in [5.74, 6) is 0.319. The average Bonchev–Trinajstić information content (AvgIpc) is 3.55. The molecule has 0 atom stereocenters. The van der Waals surface area contributed by atoms with E-state index in [2.05, 4.69) is 15.3 Å². The molecule has 6 nitrogen and oxygen atoms in total. The Balaban J connectivity index is 0.00000171. The molecule has 31 heavy (non-hydrogen) atoms. The largest absolute Gasteiger partial charge is 0.494 e. The van der Waals surface area contributed by atoms with Crippen molar-refractivity contribution < 1.29 is 9.13 Å². The van der Waals surface area contributed by atoms with Crippen molar-refractivity contribution in [3.63, 3.8) is 0 Å². The Morgan fingerprint density at radius 1 is 1.19 bits per heavy atom. The molecule has 1 saturated heterocycles. The number of piperazine rings is 1. The second-order valence-electron chi connectivity index (χ2n) is 8.03. The SMILES string of the molecule is COc1ccc(-c2cc(CCCN3CCNCC3)c(=O)n(CC3CC3)n2)cc1F.Cl.Cl. The fourth-order valence-corrected chi connectivity index (χ4v) is 3.84. The Morgan fingerprint density at radius 2 is 1.94 bits per heavy atom. The summed E-state index contributed by atoms with van der Waals surface area (Å²) in [6.07, 6.45) is 3.93. The lowest BCUT2D eigenvalue weighted by Gasteiger charge is -2.27. The van der Waals surface area contributed by atoms with Crippen LogP contribution in [0, 0.1) is 11.7 Å². The highest BCUT2D eigenvalue weighted by Crippen LogP contribution is 2.30. The van der Waals surface area contributed by atoms with E-state index in [9.17, 15) is 9.18 Å². The summed E-state index contributed by atoms with van der Waals surface area (Å²) in [5, 5.41) is 7.91. The topological polar surface area (TPSA) is 59.4 Å². The summed E-state index contributed by atoms with van der Waals surface area (Å²) < 4.78 is 20.8. The Kier molecular flexibility index (Phi) is 9.75. The van der Waals surface area contributed by atoms with Gasteiger partial charge >= 0.3 is 0 Å². The number of aryl methyl sites for hydroxylation is 1. The van der Waals surface area contributed by atoms with Crippen LogP contribution in [-0.4, -0.2) is 54.5 Å². The van der Waals surface area contributed by atoms with Crippen molar-refractivity contribution in [3.05, 3.63) is 46.0 Å². The van der Waals surface area contributed by atoms with Crippen LogP contribution in [0.1, 0.15) is 24.8 Å². The maximum Gasteiger partial charge on any atom is 0.269 e. The van der Waals surface area contributed by atoms with Gasteiger partial charge in [-0.1, -0.05) is 0 Å². The fourth-order valence-electron chi connectivity index (χ4n) is 3.84. The molecular weight excluding hydrogens is 442 g/mol. The van der Waals surface area contributed by atoms with E-state index >= 15 is 0 Å². The monoisotopic (exact) mass is 472 g/mol. The molecule has 0 unspecified atom stereocenters. The molecule has 172 valence electrons. The standard InChI is InChI=1S/C22H29FN4O2.2ClH/c1-29-21-7-6-17(13-19(21)23)20-14-18(3-2-10-26-11-8-24-9-12-26)22(28)27(25-20)15-16-4-5-16;;/h6-7,13-14,16,24H,2-5,8-12,15H2,1H3;2*1H. The molecular formula is C22H31Cl2FN4O2. The van der Waals surface area contributed by atoms with Gasteiger partial charge in [0.1, 0.15) is 0 Å². The van der Waals surface area contributed by atoms with Crippen LogP contribution < -0.4 is 15.6 Å². The number of hydrogen-bond donors (Lipinski definition) is 1. The Hall–Kier alpha value is -1.67. The molecule has 0 spiro atoms. The van der Waals surface area contributed by atoms with E-state index in [-0.39, 0.29) is 36.1 Å². The highest BCUT2D eigenvalue weighted by molar-refractivity contribution is 5.85. The highest BCUT2D eigenvalue weighted by Gasteiger charge is 2.24. The van der Waals surface area contributed by atoms with Gasteiger partial charge in [0, 0.05) is 43.9 Å². The number of hydrogen-bond acceptors (Lipinski definition) is 5. The van der Waals surface area contributed by atoms with Gasteiger partial charge < -0.3 is 15.0 Å². The van der Waals surface area contributed by atoms with Crippen molar-refractivity contribution in [3.8, 4) is 17.0 Å². The van der Waals surface area contributed by atoms with Gasteiger partial charge in [-0.05, 0) is 62.4 Å². The van der Waals surface area contributed by atoms with Crippen molar-refractivity contribution in [1.29, 1.82) is 0 Å². The molecule has 9 heteroatoms. The van der Waals surface area contributed by atoms with E-state index < -0.39 is 5.82 Å². The van der Waals surface area contributed by atoms with Gasteiger partial charge in [-0.15, -0.1) is 24.8 Å². The van der Waals surface area contributed by atoms with Gasteiger partial charge in [0.15, 0.2) is 11.6 Å². The minimum absolute atomic E-state index is 0. The summed E-state index contributed by atoms with van der Waals surface area (Å²) in [4.78, 5) is 15.4. The lowest BCUT2D eigenvalue weighted by molar-refractivity contribution is 0.238. The van der Waals surface area contributed by atoms with Crippen molar-refractivity contribution >= 4 is 24.8 Å². The smallest absolute Gasteiger partial charge is 0.269 e. The van der Waals surface area contributed by atoms with E-state index in [0.717, 1.165) is 57.5 Å². The molecule has 1 aromatic heterocycles. The van der Waals surface area contributed by atoms with Gasteiger partial charge in [-0.25, -0.2) is 9.07 Å². The Bertz CT molecular complexity index is 915. The predicted molar refractivity (Wildman–Crippen MR) is 125 cm³/mol. The second kappa shape index (κ2) is 11.8. The first-order chi connectivity index (χ1) is 14.1. The summed E-state index contributed by atoms with van der Waals surface area (Å²) >= 11 is 0. The van der Waals surface area contributed by atoms with Gasteiger partial charge in [0.2, 0.25) is 0 Å². The fraction of sp³-hybridized carbons (Fsp3) is 0.545. The molecule has 1 aliphatic carbocycles. The third-order valence-corrected chi connectivity index (χ3v) is 5.75. The molecule has 0 bridgehead atoms. The first kappa shape index (κ1) is 25.6. The number of nitrogens with one attached hydrogen (secondary N) is 1.